The summed E-state index contributed by atoms with van der Waals surface area (Å²) in [5.74, 6) is -0.704. The predicted octanol–water partition coefficient (Wildman–Crippen LogP) is 3.88. The summed E-state index contributed by atoms with van der Waals surface area (Å²) >= 11 is 5.83. The summed E-state index contributed by atoms with van der Waals surface area (Å²) in [7, 11) is -4.07. The van der Waals surface area contributed by atoms with Gasteiger partial charge in [-0.1, -0.05) is 35.9 Å². The molecule has 8 nitrogen and oxygen atoms in total. The largest absolute Gasteiger partial charge is 0.506 e. The van der Waals surface area contributed by atoms with Crippen molar-refractivity contribution in [3.63, 3.8) is 0 Å². The van der Waals surface area contributed by atoms with E-state index in [1.54, 1.807) is 48.5 Å². The Bertz CT molecular complexity index is 1280. The number of hydrogen-bond donors (Lipinski definition) is 4. The minimum absolute atomic E-state index is 0.0227. The maximum atomic E-state index is 12.5. The van der Waals surface area contributed by atoms with Crippen molar-refractivity contribution in [2.24, 2.45) is 4.40 Å². The number of sulfonamides is 1. The molecule has 4 rings (SSSR count). The first-order valence-corrected chi connectivity index (χ1v) is 10.5. The molecule has 3 aromatic carbocycles. The molecule has 0 spiro atoms. The van der Waals surface area contributed by atoms with E-state index in [2.05, 4.69) is 20.3 Å². The highest BCUT2D eigenvalue weighted by molar-refractivity contribution is 7.90. The van der Waals surface area contributed by atoms with Gasteiger partial charge in [0.1, 0.15) is 16.3 Å². The van der Waals surface area contributed by atoms with Gasteiger partial charge in [-0.05, 0) is 36.4 Å². The highest BCUT2D eigenvalue weighted by Gasteiger charge is 2.28. The smallest absolute Gasteiger partial charge is 0.287 e. The lowest BCUT2D eigenvalue weighted by atomic mass is 10.2. The number of hydrogen-bond acceptors (Lipinski definition) is 6. The van der Waals surface area contributed by atoms with Crippen LogP contribution in [-0.4, -0.2) is 25.4 Å². The van der Waals surface area contributed by atoms with Crippen LogP contribution in [0.25, 0.3) is 0 Å². The Morgan fingerprint density at radius 2 is 1.73 bits per heavy atom. The molecule has 0 saturated carbocycles. The summed E-state index contributed by atoms with van der Waals surface area (Å²) < 4.78 is 28.6. The molecule has 0 atom stereocenters. The molecule has 4 N–H and O–H groups in total. The van der Waals surface area contributed by atoms with E-state index in [1.165, 1.54) is 12.1 Å². The number of anilines is 3. The van der Waals surface area contributed by atoms with Gasteiger partial charge in [0.2, 0.25) is 5.96 Å². The molecule has 0 fully saturated rings. The average molecular weight is 443 g/mol. The molecule has 1 aliphatic rings. The number of phenols is 1. The van der Waals surface area contributed by atoms with Crippen molar-refractivity contribution < 1.29 is 18.3 Å². The van der Waals surface area contributed by atoms with E-state index in [-0.39, 0.29) is 33.2 Å². The monoisotopic (exact) mass is 442 g/mol. The molecular formula is C20H15ClN4O4S. The lowest BCUT2D eigenvalue weighted by Gasteiger charge is -2.20. The van der Waals surface area contributed by atoms with E-state index in [0.29, 0.717) is 16.9 Å². The number of fused-ring (bicyclic) bond motifs is 1. The summed E-state index contributed by atoms with van der Waals surface area (Å²) in [5.41, 5.74) is 1.46. The van der Waals surface area contributed by atoms with Crippen LogP contribution in [0.15, 0.2) is 76.0 Å². The SMILES string of the molecule is O=C(Nc1cccc(NC2=NS(=O)(=O)c3cc(Cl)cc(O)c3N2)c1)c1ccccc1. The maximum absolute atomic E-state index is 12.5. The highest BCUT2D eigenvalue weighted by atomic mass is 35.5. The molecule has 0 aromatic heterocycles. The Kier molecular flexibility index (Phi) is 5.06. The zero-order valence-electron chi connectivity index (χ0n) is 15.3. The molecule has 1 amide bonds. The van der Waals surface area contributed by atoms with E-state index < -0.39 is 10.0 Å². The summed E-state index contributed by atoms with van der Waals surface area (Å²) in [4.78, 5) is 12.1. The van der Waals surface area contributed by atoms with Gasteiger partial charge in [-0.15, -0.1) is 4.40 Å². The minimum atomic E-state index is -4.07. The van der Waals surface area contributed by atoms with E-state index in [4.69, 9.17) is 11.6 Å². The number of rotatable bonds is 3. The third-order valence-corrected chi connectivity index (χ3v) is 5.72. The zero-order valence-corrected chi connectivity index (χ0v) is 16.8. The summed E-state index contributed by atoms with van der Waals surface area (Å²) in [6, 6.07) is 17.8. The number of benzene rings is 3. The zero-order chi connectivity index (χ0) is 21.3. The van der Waals surface area contributed by atoms with Crippen molar-refractivity contribution in [2.45, 2.75) is 4.90 Å². The Morgan fingerprint density at radius 1 is 1.00 bits per heavy atom. The Balaban J connectivity index is 1.56. The average Bonchev–Trinajstić information content (AvgIpc) is 2.69. The molecule has 0 unspecified atom stereocenters. The number of halogens is 1. The van der Waals surface area contributed by atoms with Gasteiger partial charge < -0.3 is 21.1 Å². The Labute approximate surface area is 177 Å². The van der Waals surface area contributed by atoms with Crippen LogP contribution in [0.1, 0.15) is 10.4 Å². The van der Waals surface area contributed by atoms with Gasteiger partial charge >= 0.3 is 0 Å². The molecule has 0 aliphatic carbocycles. The normalized spacial score (nSPS) is 14.1. The van der Waals surface area contributed by atoms with Gasteiger partial charge in [-0.3, -0.25) is 4.79 Å². The summed E-state index contributed by atoms with van der Waals surface area (Å²) in [6.07, 6.45) is 0. The van der Waals surface area contributed by atoms with Gasteiger partial charge in [0.05, 0.1) is 0 Å². The third kappa shape index (κ3) is 4.07. The second-order valence-corrected chi connectivity index (χ2v) is 8.37. The number of aromatic hydroxyl groups is 1. The maximum Gasteiger partial charge on any atom is 0.287 e. The van der Waals surface area contributed by atoms with Crippen LogP contribution in [0.2, 0.25) is 5.02 Å². The quantitative estimate of drug-likeness (QED) is 0.457. The second kappa shape index (κ2) is 7.69. The van der Waals surface area contributed by atoms with Gasteiger partial charge in [0, 0.05) is 28.0 Å². The van der Waals surface area contributed by atoms with Crippen molar-refractivity contribution >= 4 is 50.6 Å². The van der Waals surface area contributed by atoms with Crippen LogP contribution in [0.4, 0.5) is 17.1 Å². The van der Waals surface area contributed by atoms with Crippen molar-refractivity contribution in [2.75, 3.05) is 16.0 Å². The van der Waals surface area contributed by atoms with Crippen molar-refractivity contribution in [3.05, 3.63) is 77.3 Å². The van der Waals surface area contributed by atoms with Crippen LogP contribution < -0.4 is 16.0 Å². The van der Waals surface area contributed by atoms with Crippen molar-refractivity contribution in [3.8, 4) is 5.75 Å². The molecule has 0 saturated heterocycles. The van der Waals surface area contributed by atoms with Crippen LogP contribution in [0, 0.1) is 0 Å². The number of amides is 1. The Hall–Kier alpha value is -3.56. The van der Waals surface area contributed by atoms with Crippen molar-refractivity contribution in [1.29, 1.82) is 0 Å². The van der Waals surface area contributed by atoms with Crippen LogP contribution in [0.3, 0.4) is 0 Å². The minimum Gasteiger partial charge on any atom is -0.506 e. The number of carbonyl (C=O) groups excluding carboxylic acids is 1. The number of carbonyl (C=O) groups is 1. The molecule has 1 aliphatic heterocycles. The van der Waals surface area contributed by atoms with Crippen LogP contribution in [-0.2, 0) is 10.0 Å². The lowest BCUT2D eigenvalue weighted by Crippen LogP contribution is -2.28. The third-order valence-electron chi connectivity index (χ3n) is 4.20. The summed E-state index contributed by atoms with van der Waals surface area (Å²) in [6.45, 7) is 0. The van der Waals surface area contributed by atoms with E-state index in [9.17, 15) is 18.3 Å². The Morgan fingerprint density at radius 3 is 2.50 bits per heavy atom. The van der Waals surface area contributed by atoms with Crippen molar-refractivity contribution in [1.82, 2.24) is 0 Å². The first kappa shape index (κ1) is 19.7. The first-order chi connectivity index (χ1) is 14.3. The topological polar surface area (TPSA) is 120 Å². The van der Waals surface area contributed by atoms with Crippen LogP contribution >= 0.6 is 11.6 Å². The molecular weight excluding hydrogens is 428 g/mol. The number of phenolic OH excluding ortho intramolecular Hbond substituents is 1. The first-order valence-electron chi connectivity index (χ1n) is 8.70. The molecule has 0 bridgehead atoms. The van der Waals surface area contributed by atoms with Crippen LogP contribution in [0.5, 0.6) is 5.75 Å². The predicted molar refractivity (Wildman–Crippen MR) is 116 cm³/mol. The highest BCUT2D eigenvalue weighted by Crippen LogP contribution is 2.37. The fraction of sp³-hybridized carbons (Fsp3) is 0. The molecule has 30 heavy (non-hydrogen) atoms. The molecule has 0 radical (unpaired) electrons. The number of nitrogens with one attached hydrogen (secondary N) is 3. The van der Waals surface area contributed by atoms with E-state index in [0.717, 1.165) is 0 Å². The van der Waals surface area contributed by atoms with Gasteiger partial charge in [0.25, 0.3) is 15.9 Å². The molecule has 152 valence electrons. The lowest BCUT2D eigenvalue weighted by molar-refractivity contribution is 0.102. The standard InChI is InChI=1S/C20H15ClN4O4S/c21-13-9-16(26)18-17(10-13)30(28,29)25-20(24-18)23-15-8-4-7-14(11-15)22-19(27)12-5-2-1-3-6-12/h1-11,26H,(H,22,27)(H2,23,24,25). The number of guanidine groups is 1. The molecule has 10 heteroatoms. The fourth-order valence-corrected chi connectivity index (χ4v) is 4.26. The van der Waals surface area contributed by atoms with Gasteiger partial charge in [-0.2, -0.15) is 8.42 Å². The second-order valence-electron chi connectivity index (χ2n) is 6.36. The molecule has 3 aromatic rings. The van der Waals surface area contributed by atoms with E-state index in [1.807, 2.05) is 6.07 Å². The fourth-order valence-electron chi connectivity index (χ4n) is 2.87. The van der Waals surface area contributed by atoms with E-state index >= 15 is 0 Å². The molecule has 1 heterocycles. The van der Waals surface area contributed by atoms with Gasteiger partial charge in [0.15, 0.2) is 0 Å². The summed E-state index contributed by atoms with van der Waals surface area (Å²) in [5, 5.41) is 18.5. The van der Waals surface area contributed by atoms with Gasteiger partial charge in [-0.25, -0.2) is 0 Å². The number of nitrogens with zero attached hydrogens (tertiary/aromatic N) is 1.